The monoisotopic (exact) mass is 327 g/mol. The van der Waals surface area contributed by atoms with Crippen LogP contribution in [-0.4, -0.2) is 23.9 Å². The average Bonchev–Trinajstić information content (AvgIpc) is 2.38. The molecule has 0 bridgehead atoms. The van der Waals surface area contributed by atoms with E-state index in [0.29, 0.717) is 22.0 Å². The number of benzene rings is 1. The largest absolute Gasteiger partial charge is 0.338 e. The second kappa shape index (κ2) is 6.04. The number of hydrogen-bond acceptors (Lipinski definition) is 1. The number of rotatable bonds is 2. The summed E-state index contributed by atoms with van der Waals surface area (Å²) >= 11 is 3.27. The van der Waals surface area contributed by atoms with Gasteiger partial charge in [0.15, 0.2) is 0 Å². The minimum absolute atomic E-state index is 0.0365. The van der Waals surface area contributed by atoms with Crippen molar-refractivity contribution in [3.8, 4) is 0 Å². The molecule has 1 aromatic rings. The summed E-state index contributed by atoms with van der Waals surface area (Å²) in [6.45, 7) is 2.20. The third-order valence-corrected chi connectivity index (χ3v) is 4.70. The Hall–Kier alpha value is -0.900. The van der Waals surface area contributed by atoms with Crippen LogP contribution in [0.15, 0.2) is 22.7 Å². The molecule has 1 aliphatic rings. The van der Waals surface area contributed by atoms with E-state index in [4.69, 9.17) is 0 Å². The molecule has 0 spiro atoms. The maximum atomic E-state index is 13.1. The van der Waals surface area contributed by atoms with Gasteiger partial charge in [0.05, 0.1) is 5.56 Å². The van der Waals surface area contributed by atoms with Gasteiger partial charge in [-0.25, -0.2) is 4.39 Å². The fraction of sp³-hybridized carbons (Fsp3) is 0.533. The zero-order valence-corrected chi connectivity index (χ0v) is 12.9. The number of nitrogens with zero attached hydrogens (tertiary/aromatic N) is 1. The first-order valence-electron chi connectivity index (χ1n) is 6.73. The molecule has 1 aromatic carbocycles. The van der Waals surface area contributed by atoms with E-state index >= 15 is 0 Å². The van der Waals surface area contributed by atoms with Crippen molar-refractivity contribution in [1.29, 1.82) is 0 Å². The second-order valence-electron chi connectivity index (χ2n) is 5.37. The number of carbonyl (C=O) groups excluding carboxylic acids is 1. The van der Waals surface area contributed by atoms with Crippen molar-refractivity contribution < 1.29 is 9.18 Å². The molecule has 4 heteroatoms. The van der Waals surface area contributed by atoms with Gasteiger partial charge in [-0.1, -0.05) is 19.8 Å². The standard InChI is InChI=1S/C15H19BrFNO/c1-10-5-3-4-6-14(10)18(2)15(19)12-8-7-11(17)9-13(12)16/h7-10,14H,3-6H2,1-2H3. The maximum Gasteiger partial charge on any atom is 0.255 e. The lowest BCUT2D eigenvalue weighted by atomic mass is 9.85. The van der Waals surface area contributed by atoms with Gasteiger partial charge < -0.3 is 4.90 Å². The van der Waals surface area contributed by atoms with Crippen LogP contribution in [0.2, 0.25) is 0 Å². The lowest BCUT2D eigenvalue weighted by Gasteiger charge is -2.36. The Kier molecular flexibility index (Phi) is 4.61. The maximum absolute atomic E-state index is 13.1. The minimum Gasteiger partial charge on any atom is -0.338 e. The van der Waals surface area contributed by atoms with E-state index < -0.39 is 0 Å². The number of hydrogen-bond donors (Lipinski definition) is 0. The van der Waals surface area contributed by atoms with Crippen molar-refractivity contribution in [2.24, 2.45) is 5.92 Å². The summed E-state index contributed by atoms with van der Waals surface area (Å²) in [7, 11) is 1.85. The third kappa shape index (κ3) is 3.16. The fourth-order valence-corrected chi connectivity index (χ4v) is 3.40. The number of amides is 1. The molecule has 1 fully saturated rings. The van der Waals surface area contributed by atoms with E-state index in [9.17, 15) is 9.18 Å². The highest BCUT2D eigenvalue weighted by Gasteiger charge is 2.29. The van der Waals surface area contributed by atoms with Crippen molar-refractivity contribution in [3.05, 3.63) is 34.1 Å². The highest BCUT2D eigenvalue weighted by molar-refractivity contribution is 9.10. The Bertz CT molecular complexity index is 477. The van der Waals surface area contributed by atoms with Crippen molar-refractivity contribution >= 4 is 21.8 Å². The van der Waals surface area contributed by atoms with Gasteiger partial charge in [-0.15, -0.1) is 0 Å². The summed E-state index contributed by atoms with van der Waals surface area (Å²) < 4.78 is 13.6. The molecule has 2 nitrogen and oxygen atoms in total. The summed E-state index contributed by atoms with van der Waals surface area (Å²) in [4.78, 5) is 14.3. The van der Waals surface area contributed by atoms with E-state index in [1.54, 1.807) is 6.07 Å². The summed E-state index contributed by atoms with van der Waals surface area (Å²) in [5.74, 6) is 0.157. The molecule has 2 unspecified atom stereocenters. The highest BCUT2D eigenvalue weighted by atomic mass is 79.9. The first-order chi connectivity index (χ1) is 9.00. The Morgan fingerprint density at radius 3 is 2.68 bits per heavy atom. The van der Waals surface area contributed by atoms with E-state index in [0.717, 1.165) is 6.42 Å². The predicted molar refractivity (Wildman–Crippen MR) is 77.6 cm³/mol. The fourth-order valence-electron chi connectivity index (χ4n) is 2.88. The molecule has 0 saturated heterocycles. The Balaban J connectivity index is 2.18. The first kappa shape index (κ1) is 14.5. The van der Waals surface area contributed by atoms with Gasteiger partial charge in [-0.3, -0.25) is 4.79 Å². The van der Waals surface area contributed by atoms with Crippen LogP contribution in [0.5, 0.6) is 0 Å². The van der Waals surface area contributed by atoms with Crippen molar-refractivity contribution in [2.45, 2.75) is 38.6 Å². The molecule has 0 radical (unpaired) electrons. The first-order valence-corrected chi connectivity index (χ1v) is 7.52. The predicted octanol–water partition coefficient (Wildman–Crippen LogP) is 4.24. The van der Waals surface area contributed by atoms with Crippen LogP contribution in [0.25, 0.3) is 0 Å². The molecule has 0 heterocycles. The molecule has 0 N–H and O–H groups in total. The van der Waals surface area contributed by atoms with Gasteiger partial charge in [-0.05, 0) is 52.9 Å². The van der Waals surface area contributed by atoms with Gasteiger partial charge in [-0.2, -0.15) is 0 Å². The van der Waals surface area contributed by atoms with Crippen LogP contribution in [0, 0.1) is 11.7 Å². The van der Waals surface area contributed by atoms with Crippen LogP contribution in [-0.2, 0) is 0 Å². The van der Waals surface area contributed by atoms with Crippen molar-refractivity contribution in [3.63, 3.8) is 0 Å². The molecule has 1 aliphatic carbocycles. The Labute approximate surface area is 122 Å². The van der Waals surface area contributed by atoms with Gasteiger partial charge in [0.2, 0.25) is 0 Å². The van der Waals surface area contributed by atoms with Gasteiger partial charge in [0.25, 0.3) is 5.91 Å². The average molecular weight is 328 g/mol. The van der Waals surface area contributed by atoms with Crippen LogP contribution in [0.3, 0.4) is 0 Å². The van der Waals surface area contributed by atoms with E-state index in [1.165, 1.54) is 31.4 Å². The van der Waals surface area contributed by atoms with Crippen LogP contribution < -0.4 is 0 Å². The lowest BCUT2D eigenvalue weighted by molar-refractivity contribution is 0.0628. The summed E-state index contributed by atoms with van der Waals surface area (Å²) in [5.41, 5.74) is 0.529. The highest BCUT2D eigenvalue weighted by Crippen LogP contribution is 2.29. The Morgan fingerprint density at radius 1 is 1.37 bits per heavy atom. The SMILES string of the molecule is CC1CCCCC1N(C)C(=O)c1ccc(F)cc1Br. The van der Waals surface area contributed by atoms with Crippen LogP contribution in [0.1, 0.15) is 43.0 Å². The van der Waals surface area contributed by atoms with Gasteiger partial charge >= 0.3 is 0 Å². The molecule has 2 rings (SSSR count). The summed E-state index contributed by atoms with van der Waals surface area (Å²) in [5, 5.41) is 0. The van der Waals surface area contributed by atoms with Gasteiger partial charge in [0, 0.05) is 17.6 Å². The molecule has 0 aliphatic heterocycles. The topological polar surface area (TPSA) is 20.3 Å². The van der Waals surface area contributed by atoms with Crippen molar-refractivity contribution in [1.82, 2.24) is 4.90 Å². The molecular formula is C15H19BrFNO. The van der Waals surface area contributed by atoms with E-state index in [-0.39, 0.29) is 11.7 Å². The van der Waals surface area contributed by atoms with E-state index in [2.05, 4.69) is 22.9 Å². The molecule has 1 amide bonds. The molecular weight excluding hydrogens is 309 g/mol. The third-order valence-electron chi connectivity index (χ3n) is 4.05. The second-order valence-corrected chi connectivity index (χ2v) is 6.22. The Morgan fingerprint density at radius 2 is 2.05 bits per heavy atom. The van der Waals surface area contributed by atoms with Gasteiger partial charge in [0.1, 0.15) is 5.82 Å². The molecule has 1 saturated carbocycles. The van der Waals surface area contributed by atoms with Crippen molar-refractivity contribution in [2.75, 3.05) is 7.05 Å². The van der Waals surface area contributed by atoms with Crippen LogP contribution >= 0.6 is 15.9 Å². The lowest BCUT2D eigenvalue weighted by Crippen LogP contribution is -2.42. The smallest absolute Gasteiger partial charge is 0.255 e. The summed E-state index contributed by atoms with van der Waals surface area (Å²) in [6, 6.07) is 4.51. The quantitative estimate of drug-likeness (QED) is 0.795. The number of halogens is 2. The normalized spacial score (nSPS) is 23.2. The molecule has 0 aromatic heterocycles. The van der Waals surface area contributed by atoms with E-state index in [1.807, 2.05) is 11.9 Å². The minimum atomic E-state index is -0.336. The zero-order chi connectivity index (χ0) is 14.0. The molecule has 2 atom stereocenters. The zero-order valence-electron chi connectivity index (χ0n) is 11.3. The number of carbonyl (C=O) groups is 1. The summed E-state index contributed by atoms with van der Waals surface area (Å²) in [6.07, 6.45) is 4.66. The molecule has 19 heavy (non-hydrogen) atoms. The van der Waals surface area contributed by atoms with Crippen LogP contribution in [0.4, 0.5) is 4.39 Å². The molecule has 104 valence electrons.